The fourth-order valence-corrected chi connectivity index (χ4v) is 2.80. The summed E-state index contributed by atoms with van der Waals surface area (Å²) in [7, 11) is 0.655. The lowest BCUT2D eigenvalue weighted by atomic mass is 10.2. The van der Waals surface area contributed by atoms with Gasteiger partial charge in [0.2, 0.25) is 0 Å². The summed E-state index contributed by atoms with van der Waals surface area (Å²) in [5.74, 6) is -7.21. The number of hydrogen-bond acceptors (Lipinski definition) is 3. The Bertz CT molecular complexity index is 972. The number of nitrogens with zero attached hydrogens (tertiary/aromatic N) is 1. The van der Waals surface area contributed by atoms with Crippen molar-refractivity contribution in [2.75, 3.05) is 7.11 Å². The largest absolute Gasteiger partial charge is 0.472 e. The molecule has 2 aromatic rings. The molecule has 0 aliphatic carbocycles. The quantitative estimate of drug-likeness (QED) is 0.347. The first kappa shape index (κ1) is 22.3. The van der Waals surface area contributed by atoms with Gasteiger partial charge in [-0.15, -0.1) is 0 Å². The van der Waals surface area contributed by atoms with E-state index in [1.54, 1.807) is 31.2 Å². The molecular formula is C21H21F4NO3. The topological polar surface area (TPSA) is 40.5 Å². The lowest BCUT2D eigenvalue weighted by Gasteiger charge is -2.26. The van der Waals surface area contributed by atoms with Crippen LogP contribution < -0.4 is 4.74 Å². The van der Waals surface area contributed by atoms with Crippen LogP contribution in [0.3, 0.4) is 0 Å². The van der Waals surface area contributed by atoms with Crippen molar-refractivity contribution in [1.29, 1.82) is 0 Å². The number of hydrogen-bond donors (Lipinski definition) is 0. The minimum absolute atomic E-state index is 0.239. The van der Waals surface area contributed by atoms with Gasteiger partial charge in [0.25, 0.3) is 0 Å². The first-order valence-electron chi connectivity index (χ1n) is 8.65. The molecule has 0 fully saturated rings. The highest BCUT2D eigenvalue weighted by Gasteiger charge is 2.66. The van der Waals surface area contributed by atoms with Crippen LogP contribution in [-0.2, 0) is 16.1 Å². The smallest absolute Gasteiger partial charge is 0.464 e. The van der Waals surface area contributed by atoms with E-state index in [1.165, 1.54) is 12.1 Å². The summed E-state index contributed by atoms with van der Waals surface area (Å²) in [6.45, 7) is 7.66. The maximum atomic E-state index is 14.6. The van der Waals surface area contributed by atoms with Crippen molar-refractivity contribution in [3.8, 4) is 5.75 Å². The number of allylic oxidation sites excluding steroid dienone is 5. The molecule has 0 aliphatic heterocycles. The number of carbonyl (C=O) groups excluding carboxylic acids is 1. The van der Waals surface area contributed by atoms with Crippen LogP contribution in [0.1, 0.15) is 12.6 Å². The zero-order valence-electron chi connectivity index (χ0n) is 16.2. The number of methoxy groups -OCH3 is 1. The summed E-state index contributed by atoms with van der Waals surface area (Å²) in [5, 5.41) is 0.239. The molecule has 8 heteroatoms. The number of rotatable bonds is 7. The molecule has 4 nitrogen and oxygen atoms in total. The van der Waals surface area contributed by atoms with Crippen molar-refractivity contribution in [1.82, 2.24) is 4.57 Å². The summed E-state index contributed by atoms with van der Waals surface area (Å²) in [6.07, 6.45) is 1.52. The Morgan fingerprint density at radius 2 is 1.97 bits per heavy atom. The number of carbonyl (C=O) groups is 1. The molecule has 2 rings (SSSR count). The normalized spacial score (nSPS) is 14.8. The van der Waals surface area contributed by atoms with Gasteiger partial charge in [-0.05, 0) is 37.6 Å². The van der Waals surface area contributed by atoms with Gasteiger partial charge in [-0.2, -0.15) is 17.6 Å². The van der Waals surface area contributed by atoms with Crippen molar-refractivity contribution >= 4 is 16.9 Å². The predicted molar refractivity (Wildman–Crippen MR) is 102 cm³/mol. The van der Waals surface area contributed by atoms with E-state index in [1.807, 2.05) is 23.6 Å². The second kappa shape index (κ2) is 8.55. The van der Waals surface area contributed by atoms with E-state index in [4.69, 9.17) is 0 Å². The van der Waals surface area contributed by atoms with Gasteiger partial charge in [-0.1, -0.05) is 36.9 Å². The molecule has 1 heterocycles. The molecule has 0 aliphatic rings. The molecule has 1 unspecified atom stereocenters. The molecule has 0 amide bonds. The zero-order chi connectivity index (χ0) is 21.8. The molecule has 156 valence electrons. The second-order valence-corrected chi connectivity index (χ2v) is 6.21. The van der Waals surface area contributed by atoms with Crippen molar-refractivity contribution in [3.63, 3.8) is 0 Å². The van der Waals surface area contributed by atoms with Crippen LogP contribution >= 0.6 is 0 Å². The Kier molecular flexibility index (Phi) is 6.56. The van der Waals surface area contributed by atoms with Crippen LogP contribution in [0.15, 0.2) is 60.7 Å². The minimum atomic E-state index is -5.62. The van der Waals surface area contributed by atoms with Gasteiger partial charge >= 0.3 is 18.0 Å². The number of esters is 1. The van der Waals surface area contributed by atoms with Crippen LogP contribution in [0.25, 0.3) is 10.9 Å². The zero-order valence-corrected chi connectivity index (χ0v) is 16.2. The number of benzene rings is 1. The molecule has 1 aromatic heterocycles. The standard InChI is InChI=1S/C21H21F4NO3/c1-5-7-9-15(6-2)13-26-14(3)12-16-17(26)10-8-11-18(16)29-20(22,19(27)28-4)21(23,24)25/h5-12H,1,13H2,2-4H3/b9-7-,15-6+. The first-order valence-corrected chi connectivity index (χ1v) is 8.65. The summed E-state index contributed by atoms with van der Waals surface area (Å²) < 4.78 is 64.6. The molecule has 1 aromatic carbocycles. The van der Waals surface area contributed by atoms with E-state index >= 15 is 0 Å². The van der Waals surface area contributed by atoms with Crippen LogP contribution in [0.2, 0.25) is 0 Å². The van der Waals surface area contributed by atoms with Crippen molar-refractivity contribution in [2.24, 2.45) is 0 Å². The lowest BCUT2D eigenvalue weighted by molar-refractivity contribution is -0.296. The van der Waals surface area contributed by atoms with Crippen LogP contribution in [0.5, 0.6) is 5.75 Å². The van der Waals surface area contributed by atoms with E-state index in [-0.39, 0.29) is 5.39 Å². The number of halogens is 4. The van der Waals surface area contributed by atoms with Gasteiger partial charge in [0.05, 0.1) is 12.6 Å². The van der Waals surface area contributed by atoms with Gasteiger partial charge in [-0.3, -0.25) is 0 Å². The molecule has 0 radical (unpaired) electrons. The van der Waals surface area contributed by atoms with Crippen molar-refractivity contribution in [2.45, 2.75) is 32.4 Å². The summed E-state index contributed by atoms with van der Waals surface area (Å²) in [5.41, 5.74) is 2.18. The van der Waals surface area contributed by atoms with Crippen LogP contribution in [0.4, 0.5) is 17.6 Å². The SMILES string of the molecule is C=C/C=C\C(=C/C)Cn1c(C)cc2c(OC(F)(C(=O)OC)C(F)(F)F)cccc21. The van der Waals surface area contributed by atoms with Crippen LogP contribution in [-0.4, -0.2) is 29.7 Å². The Morgan fingerprint density at radius 1 is 1.28 bits per heavy atom. The second-order valence-electron chi connectivity index (χ2n) is 6.21. The van der Waals surface area contributed by atoms with Crippen molar-refractivity contribution in [3.05, 3.63) is 66.4 Å². The lowest BCUT2D eigenvalue weighted by Crippen LogP contribution is -2.53. The van der Waals surface area contributed by atoms with Crippen LogP contribution in [0, 0.1) is 6.92 Å². The highest BCUT2D eigenvalue weighted by Crippen LogP contribution is 2.40. The molecule has 0 saturated carbocycles. The van der Waals surface area contributed by atoms with Gasteiger partial charge in [0.1, 0.15) is 5.75 Å². The molecular weight excluding hydrogens is 390 g/mol. The van der Waals surface area contributed by atoms with Gasteiger partial charge in [0, 0.05) is 17.6 Å². The third-order valence-electron chi connectivity index (χ3n) is 4.33. The third kappa shape index (κ3) is 4.36. The number of alkyl halides is 4. The highest BCUT2D eigenvalue weighted by atomic mass is 19.4. The fraction of sp³-hybridized carbons (Fsp3) is 0.286. The summed E-state index contributed by atoms with van der Waals surface area (Å²) >= 11 is 0. The molecule has 29 heavy (non-hydrogen) atoms. The maximum absolute atomic E-state index is 14.6. The molecule has 0 spiro atoms. The van der Waals surface area contributed by atoms with Gasteiger partial charge in [0.15, 0.2) is 0 Å². The minimum Gasteiger partial charge on any atom is -0.464 e. The summed E-state index contributed by atoms with van der Waals surface area (Å²) in [4.78, 5) is 11.5. The third-order valence-corrected chi connectivity index (χ3v) is 4.33. The van der Waals surface area contributed by atoms with E-state index in [0.717, 1.165) is 11.3 Å². The Hall–Kier alpha value is -3.03. The number of aromatic nitrogens is 1. The van der Waals surface area contributed by atoms with Gasteiger partial charge in [-0.25, -0.2) is 4.79 Å². The van der Waals surface area contributed by atoms with E-state index < -0.39 is 23.7 Å². The predicted octanol–water partition coefficient (Wildman–Crippen LogP) is 5.42. The molecule has 0 saturated heterocycles. The fourth-order valence-electron chi connectivity index (χ4n) is 2.80. The number of fused-ring (bicyclic) bond motifs is 1. The van der Waals surface area contributed by atoms with E-state index in [9.17, 15) is 22.4 Å². The highest BCUT2D eigenvalue weighted by molar-refractivity contribution is 5.88. The summed E-state index contributed by atoms with van der Waals surface area (Å²) in [6, 6.07) is 5.84. The molecule has 0 bridgehead atoms. The van der Waals surface area contributed by atoms with Gasteiger partial charge < -0.3 is 14.0 Å². The average Bonchev–Trinajstić information content (AvgIpc) is 2.99. The Balaban J connectivity index is 2.54. The number of aryl methyl sites for hydroxylation is 1. The average molecular weight is 411 g/mol. The first-order chi connectivity index (χ1) is 13.6. The van der Waals surface area contributed by atoms with E-state index in [2.05, 4.69) is 16.1 Å². The molecule has 1 atom stereocenters. The van der Waals surface area contributed by atoms with Crippen molar-refractivity contribution < 1.29 is 31.8 Å². The Labute approximate surface area is 165 Å². The monoisotopic (exact) mass is 411 g/mol. The Morgan fingerprint density at radius 3 is 2.52 bits per heavy atom. The number of ether oxygens (including phenoxy) is 2. The molecule has 0 N–H and O–H groups in total. The van der Waals surface area contributed by atoms with E-state index in [0.29, 0.717) is 19.2 Å². The maximum Gasteiger partial charge on any atom is 0.472 e.